The fourth-order valence-electron chi connectivity index (χ4n) is 2.49. The summed E-state index contributed by atoms with van der Waals surface area (Å²) in [6, 6.07) is 3.97. The van der Waals surface area contributed by atoms with Gasteiger partial charge >= 0.3 is 0 Å². The Morgan fingerprint density at radius 1 is 1.50 bits per heavy atom. The van der Waals surface area contributed by atoms with Crippen LogP contribution in [0.5, 0.6) is 11.5 Å². The SMILES string of the molecule is C=C[C@@H](c1cc(Br)c(O)c(OCC)c1)N1CCNCC1. The first-order chi connectivity index (χ1) is 9.67. The maximum Gasteiger partial charge on any atom is 0.172 e. The maximum absolute atomic E-state index is 10.00. The quantitative estimate of drug-likeness (QED) is 0.809. The van der Waals surface area contributed by atoms with Crippen molar-refractivity contribution in [2.75, 3.05) is 32.8 Å². The van der Waals surface area contributed by atoms with Crippen LogP contribution in [0.2, 0.25) is 0 Å². The zero-order chi connectivity index (χ0) is 14.5. The summed E-state index contributed by atoms with van der Waals surface area (Å²) in [5, 5.41) is 13.3. The molecule has 0 spiro atoms. The van der Waals surface area contributed by atoms with Gasteiger partial charge in [0, 0.05) is 26.2 Å². The van der Waals surface area contributed by atoms with Crippen molar-refractivity contribution in [1.82, 2.24) is 10.2 Å². The lowest BCUT2D eigenvalue weighted by atomic mass is 10.0. The number of rotatable bonds is 5. The summed E-state index contributed by atoms with van der Waals surface area (Å²) in [5.74, 6) is 0.664. The average molecular weight is 341 g/mol. The van der Waals surface area contributed by atoms with Gasteiger partial charge in [-0.25, -0.2) is 0 Å². The van der Waals surface area contributed by atoms with Gasteiger partial charge in [0.2, 0.25) is 0 Å². The van der Waals surface area contributed by atoms with Crippen molar-refractivity contribution >= 4 is 15.9 Å². The zero-order valence-electron chi connectivity index (χ0n) is 11.7. The van der Waals surface area contributed by atoms with Crippen molar-refractivity contribution in [2.45, 2.75) is 13.0 Å². The van der Waals surface area contributed by atoms with Crippen molar-refractivity contribution in [3.8, 4) is 11.5 Å². The molecule has 110 valence electrons. The number of phenolic OH excluding ortho intramolecular Hbond substituents is 1. The van der Waals surface area contributed by atoms with Gasteiger partial charge in [0.05, 0.1) is 17.1 Å². The predicted octanol–water partition coefficient (Wildman–Crippen LogP) is 2.69. The van der Waals surface area contributed by atoms with Crippen molar-refractivity contribution in [1.29, 1.82) is 0 Å². The van der Waals surface area contributed by atoms with Crippen molar-refractivity contribution in [2.24, 2.45) is 0 Å². The van der Waals surface area contributed by atoms with Gasteiger partial charge in [0.25, 0.3) is 0 Å². The number of phenols is 1. The molecule has 4 nitrogen and oxygen atoms in total. The highest BCUT2D eigenvalue weighted by Crippen LogP contribution is 2.38. The van der Waals surface area contributed by atoms with E-state index in [0.717, 1.165) is 31.7 Å². The Bertz CT molecular complexity index is 473. The first-order valence-corrected chi connectivity index (χ1v) is 7.69. The minimum atomic E-state index is 0.133. The minimum Gasteiger partial charge on any atom is -0.503 e. The van der Waals surface area contributed by atoms with Gasteiger partial charge in [-0.1, -0.05) is 6.08 Å². The molecule has 0 aliphatic carbocycles. The predicted molar refractivity (Wildman–Crippen MR) is 84.4 cm³/mol. The Hall–Kier alpha value is -1.04. The van der Waals surface area contributed by atoms with E-state index in [1.165, 1.54) is 0 Å². The highest BCUT2D eigenvalue weighted by Gasteiger charge is 2.21. The lowest BCUT2D eigenvalue weighted by Crippen LogP contribution is -2.44. The molecule has 1 fully saturated rings. The fraction of sp³-hybridized carbons (Fsp3) is 0.467. The molecular weight excluding hydrogens is 320 g/mol. The van der Waals surface area contributed by atoms with Crippen molar-refractivity contribution in [3.05, 3.63) is 34.8 Å². The average Bonchev–Trinajstić information content (AvgIpc) is 2.46. The second kappa shape index (κ2) is 7.11. The first kappa shape index (κ1) is 15.4. The molecule has 1 heterocycles. The Kier molecular flexibility index (Phi) is 5.46. The molecule has 1 aliphatic rings. The summed E-state index contributed by atoms with van der Waals surface area (Å²) in [4.78, 5) is 2.37. The zero-order valence-corrected chi connectivity index (χ0v) is 13.3. The normalized spacial score (nSPS) is 17.7. The first-order valence-electron chi connectivity index (χ1n) is 6.90. The molecule has 0 aromatic heterocycles. The van der Waals surface area contributed by atoms with Gasteiger partial charge in [-0.3, -0.25) is 4.90 Å². The summed E-state index contributed by atoms with van der Waals surface area (Å²) in [6.07, 6.45) is 1.94. The molecule has 1 aliphatic heterocycles. The molecule has 1 aromatic carbocycles. The van der Waals surface area contributed by atoms with Gasteiger partial charge < -0.3 is 15.2 Å². The fourth-order valence-corrected chi connectivity index (χ4v) is 2.95. The molecule has 5 heteroatoms. The van der Waals surface area contributed by atoms with E-state index in [0.29, 0.717) is 16.8 Å². The number of halogens is 1. The van der Waals surface area contributed by atoms with E-state index in [2.05, 4.69) is 32.7 Å². The van der Waals surface area contributed by atoms with Crippen LogP contribution >= 0.6 is 15.9 Å². The largest absolute Gasteiger partial charge is 0.503 e. The summed E-state index contributed by atoms with van der Waals surface area (Å²) in [7, 11) is 0. The van der Waals surface area contributed by atoms with Crippen LogP contribution < -0.4 is 10.1 Å². The number of ether oxygens (including phenoxy) is 1. The molecule has 1 saturated heterocycles. The van der Waals surface area contributed by atoms with Gasteiger partial charge in [-0.15, -0.1) is 6.58 Å². The molecule has 0 amide bonds. The number of benzene rings is 1. The summed E-state index contributed by atoms with van der Waals surface area (Å²) < 4.78 is 6.15. The molecule has 1 aromatic rings. The Morgan fingerprint density at radius 2 is 2.20 bits per heavy atom. The maximum atomic E-state index is 10.00. The third-order valence-corrected chi connectivity index (χ3v) is 4.06. The van der Waals surface area contributed by atoms with E-state index in [1.807, 2.05) is 25.1 Å². The molecule has 2 N–H and O–H groups in total. The smallest absolute Gasteiger partial charge is 0.172 e. The van der Waals surface area contributed by atoms with E-state index in [9.17, 15) is 5.11 Å². The molecule has 20 heavy (non-hydrogen) atoms. The third-order valence-electron chi connectivity index (χ3n) is 3.46. The molecular formula is C15H21BrN2O2. The number of nitrogens with zero attached hydrogens (tertiary/aromatic N) is 1. The molecule has 0 saturated carbocycles. The van der Waals surface area contributed by atoms with Crippen LogP contribution in [0.1, 0.15) is 18.5 Å². The van der Waals surface area contributed by atoms with Crippen LogP contribution in [0.4, 0.5) is 0 Å². The van der Waals surface area contributed by atoms with Crippen molar-refractivity contribution < 1.29 is 9.84 Å². The lowest BCUT2D eigenvalue weighted by Gasteiger charge is -2.33. The van der Waals surface area contributed by atoms with Gasteiger partial charge in [-0.05, 0) is 40.5 Å². The number of aromatic hydroxyl groups is 1. The van der Waals surface area contributed by atoms with E-state index >= 15 is 0 Å². The van der Waals surface area contributed by atoms with Gasteiger partial charge in [-0.2, -0.15) is 0 Å². The van der Waals surface area contributed by atoms with Gasteiger partial charge in [0.15, 0.2) is 11.5 Å². The van der Waals surface area contributed by atoms with Crippen molar-refractivity contribution in [3.63, 3.8) is 0 Å². The van der Waals surface area contributed by atoms with Crippen LogP contribution in [-0.4, -0.2) is 42.8 Å². The third kappa shape index (κ3) is 3.34. The van der Waals surface area contributed by atoms with Gasteiger partial charge in [0.1, 0.15) is 0 Å². The van der Waals surface area contributed by atoms with E-state index in [-0.39, 0.29) is 11.8 Å². The van der Waals surface area contributed by atoms with Crippen LogP contribution in [0.25, 0.3) is 0 Å². The number of piperazine rings is 1. The molecule has 0 bridgehead atoms. The monoisotopic (exact) mass is 340 g/mol. The van der Waals surface area contributed by atoms with Crippen LogP contribution in [0, 0.1) is 0 Å². The highest BCUT2D eigenvalue weighted by atomic mass is 79.9. The second-order valence-corrected chi connectivity index (χ2v) is 5.60. The summed E-state index contributed by atoms with van der Waals surface area (Å²) in [5.41, 5.74) is 1.08. The van der Waals surface area contributed by atoms with Crippen LogP contribution in [-0.2, 0) is 0 Å². The standard InChI is InChI=1S/C15H21BrN2O2/c1-3-13(18-7-5-17-6-8-18)11-9-12(16)15(19)14(10-11)20-4-2/h3,9-10,13,17,19H,1,4-8H2,2H3/t13-/m0/s1. The summed E-state index contributed by atoms with van der Waals surface area (Å²) >= 11 is 3.39. The van der Waals surface area contributed by atoms with E-state index in [4.69, 9.17) is 4.74 Å². The second-order valence-electron chi connectivity index (χ2n) is 4.75. The topological polar surface area (TPSA) is 44.7 Å². The minimum absolute atomic E-state index is 0.133. The molecule has 2 rings (SSSR count). The lowest BCUT2D eigenvalue weighted by molar-refractivity contribution is 0.203. The number of hydrogen-bond donors (Lipinski definition) is 2. The van der Waals surface area contributed by atoms with Crippen LogP contribution in [0.3, 0.4) is 0 Å². The Morgan fingerprint density at radius 3 is 2.80 bits per heavy atom. The molecule has 1 atom stereocenters. The van der Waals surface area contributed by atoms with Crippen LogP contribution in [0.15, 0.2) is 29.3 Å². The molecule has 0 radical (unpaired) electrons. The van der Waals surface area contributed by atoms with E-state index in [1.54, 1.807) is 0 Å². The Labute approximate surface area is 128 Å². The number of nitrogens with one attached hydrogen (secondary N) is 1. The Balaban J connectivity index is 2.31. The summed E-state index contributed by atoms with van der Waals surface area (Å²) in [6.45, 7) is 10.3. The molecule has 0 unspecified atom stereocenters. The number of hydrogen-bond acceptors (Lipinski definition) is 4. The van der Waals surface area contributed by atoms with E-state index < -0.39 is 0 Å². The highest BCUT2D eigenvalue weighted by molar-refractivity contribution is 9.10.